The molecule has 1 aliphatic carbocycles. The van der Waals surface area contributed by atoms with E-state index in [1.54, 1.807) is 0 Å². The van der Waals surface area contributed by atoms with Crippen LogP contribution in [0.15, 0.2) is 0 Å². The molecule has 0 radical (unpaired) electrons. The molecule has 1 saturated carbocycles. The summed E-state index contributed by atoms with van der Waals surface area (Å²) in [6.45, 7) is 6.49. The molecular formula is C13H24N2. The van der Waals surface area contributed by atoms with Gasteiger partial charge in [0, 0.05) is 6.04 Å². The molecular weight excluding hydrogens is 184 g/mol. The summed E-state index contributed by atoms with van der Waals surface area (Å²) >= 11 is 0. The van der Waals surface area contributed by atoms with Crippen LogP contribution in [0.1, 0.15) is 59.3 Å². The van der Waals surface area contributed by atoms with Gasteiger partial charge in [0.25, 0.3) is 0 Å². The van der Waals surface area contributed by atoms with E-state index < -0.39 is 0 Å². The number of rotatable bonds is 4. The highest BCUT2D eigenvalue weighted by molar-refractivity contribution is 5.09. The predicted molar refractivity (Wildman–Crippen MR) is 63.5 cm³/mol. The highest BCUT2D eigenvalue weighted by Crippen LogP contribution is 2.34. The fraction of sp³-hybridized carbons (Fsp3) is 0.923. The van der Waals surface area contributed by atoms with Crippen molar-refractivity contribution in [2.75, 3.05) is 0 Å². The van der Waals surface area contributed by atoms with Gasteiger partial charge < -0.3 is 0 Å². The van der Waals surface area contributed by atoms with Crippen LogP contribution in [0.5, 0.6) is 0 Å². The summed E-state index contributed by atoms with van der Waals surface area (Å²) in [6.07, 6.45) is 7.13. The van der Waals surface area contributed by atoms with Crippen LogP contribution < -0.4 is 5.32 Å². The molecule has 0 amide bonds. The molecule has 0 aliphatic heterocycles. The predicted octanol–water partition coefficient (Wildman–Crippen LogP) is 3.24. The summed E-state index contributed by atoms with van der Waals surface area (Å²) in [5.74, 6) is 0.866. The Morgan fingerprint density at radius 1 is 1.40 bits per heavy atom. The molecule has 0 aromatic carbocycles. The second kappa shape index (κ2) is 5.51. The van der Waals surface area contributed by atoms with E-state index in [2.05, 4.69) is 32.2 Å². The average Bonchev–Trinajstić information content (AvgIpc) is 2.21. The van der Waals surface area contributed by atoms with Gasteiger partial charge in [0.2, 0.25) is 0 Å². The van der Waals surface area contributed by atoms with Crippen LogP contribution in [0.2, 0.25) is 0 Å². The van der Waals surface area contributed by atoms with Crippen LogP contribution in [0.25, 0.3) is 0 Å². The Bertz CT molecular complexity index is 219. The fourth-order valence-electron chi connectivity index (χ4n) is 2.71. The smallest absolute Gasteiger partial charge is 0.106 e. The summed E-state index contributed by atoms with van der Waals surface area (Å²) in [5.41, 5.74) is -0.224. The monoisotopic (exact) mass is 208 g/mol. The minimum atomic E-state index is -0.224. The Morgan fingerprint density at radius 3 is 2.40 bits per heavy atom. The Morgan fingerprint density at radius 2 is 2.00 bits per heavy atom. The number of hydrogen-bond acceptors (Lipinski definition) is 2. The summed E-state index contributed by atoms with van der Waals surface area (Å²) in [6, 6.07) is 2.91. The summed E-state index contributed by atoms with van der Waals surface area (Å²) < 4.78 is 0. The highest BCUT2D eigenvalue weighted by atomic mass is 15.0. The van der Waals surface area contributed by atoms with E-state index in [-0.39, 0.29) is 5.54 Å². The zero-order valence-electron chi connectivity index (χ0n) is 10.3. The van der Waals surface area contributed by atoms with E-state index in [0.717, 1.165) is 18.8 Å². The lowest BCUT2D eigenvalue weighted by atomic mass is 9.75. The maximum absolute atomic E-state index is 9.29. The van der Waals surface area contributed by atoms with Gasteiger partial charge in [-0.3, -0.25) is 5.32 Å². The fourth-order valence-corrected chi connectivity index (χ4v) is 2.71. The Kier molecular flexibility index (Phi) is 4.60. The van der Waals surface area contributed by atoms with Crippen LogP contribution in [0.3, 0.4) is 0 Å². The lowest BCUT2D eigenvalue weighted by Gasteiger charge is -2.37. The van der Waals surface area contributed by atoms with Crippen molar-refractivity contribution in [3.05, 3.63) is 0 Å². The van der Waals surface area contributed by atoms with E-state index in [0.29, 0.717) is 6.04 Å². The van der Waals surface area contributed by atoms with Gasteiger partial charge in [-0.1, -0.05) is 19.8 Å². The van der Waals surface area contributed by atoms with Crippen LogP contribution in [-0.4, -0.2) is 11.6 Å². The van der Waals surface area contributed by atoms with Gasteiger partial charge in [-0.2, -0.15) is 5.26 Å². The summed E-state index contributed by atoms with van der Waals surface area (Å²) in [4.78, 5) is 0. The van der Waals surface area contributed by atoms with Crippen molar-refractivity contribution in [3.8, 4) is 6.07 Å². The van der Waals surface area contributed by atoms with Crippen molar-refractivity contribution in [3.63, 3.8) is 0 Å². The Balaban J connectivity index is 2.48. The first kappa shape index (κ1) is 12.5. The highest BCUT2D eigenvalue weighted by Gasteiger charge is 2.35. The zero-order valence-corrected chi connectivity index (χ0v) is 10.3. The lowest BCUT2D eigenvalue weighted by molar-refractivity contribution is 0.218. The molecule has 1 rings (SSSR count). The molecule has 1 N–H and O–H groups in total. The van der Waals surface area contributed by atoms with Crippen molar-refractivity contribution in [2.45, 2.75) is 70.9 Å². The van der Waals surface area contributed by atoms with E-state index in [4.69, 9.17) is 0 Å². The number of hydrogen-bond donors (Lipinski definition) is 1. The second-order valence-electron chi connectivity index (χ2n) is 5.22. The largest absolute Gasteiger partial charge is 0.297 e. The molecule has 0 spiro atoms. The number of nitrogens with one attached hydrogen (secondary N) is 1. The minimum absolute atomic E-state index is 0.224. The molecule has 0 unspecified atom stereocenters. The van der Waals surface area contributed by atoms with Crippen molar-refractivity contribution in [1.82, 2.24) is 5.32 Å². The van der Waals surface area contributed by atoms with Crippen molar-refractivity contribution in [2.24, 2.45) is 5.92 Å². The van der Waals surface area contributed by atoms with Gasteiger partial charge >= 0.3 is 0 Å². The molecule has 15 heavy (non-hydrogen) atoms. The third kappa shape index (κ3) is 3.50. The van der Waals surface area contributed by atoms with Crippen molar-refractivity contribution < 1.29 is 0 Å². The average molecular weight is 208 g/mol. The van der Waals surface area contributed by atoms with Gasteiger partial charge in [0.1, 0.15) is 5.54 Å². The summed E-state index contributed by atoms with van der Waals surface area (Å²) in [7, 11) is 0. The Labute approximate surface area is 94.1 Å². The molecule has 2 nitrogen and oxygen atoms in total. The molecule has 0 bridgehead atoms. The van der Waals surface area contributed by atoms with Gasteiger partial charge in [-0.15, -0.1) is 0 Å². The maximum Gasteiger partial charge on any atom is 0.106 e. The standard InChI is InChI=1S/C13H24N2/c1-4-5-12-6-8-13(10-14,9-7-12)15-11(2)3/h11-12,15H,4-9H2,1-3H3. The molecule has 0 saturated heterocycles. The first-order valence-electron chi connectivity index (χ1n) is 6.31. The first-order valence-corrected chi connectivity index (χ1v) is 6.31. The van der Waals surface area contributed by atoms with Crippen LogP contribution >= 0.6 is 0 Å². The third-order valence-electron chi connectivity index (χ3n) is 3.43. The molecule has 1 aliphatic rings. The van der Waals surface area contributed by atoms with Gasteiger partial charge in [0.15, 0.2) is 0 Å². The topological polar surface area (TPSA) is 35.8 Å². The first-order chi connectivity index (χ1) is 7.12. The maximum atomic E-state index is 9.29. The van der Waals surface area contributed by atoms with Gasteiger partial charge in [0.05, 0.1) is 6.07 Å². The SMILES string of the molecule is CCCC1CCC(C#N)(NC(C)C)CC1. The normalized spacial score (nSPS) is 31.5. The van der Waals surface area contributed by atoms with Crippen LogP contribution in [0, 0.1) is 17.2 Å². The third-order valence-corrected chi connectivity index (χ3v) is 3.43. The molecule has 0 aromatic heterocycles. The molecule has 1 fully saturated rings. The zero-order chi connectivity index (χ0) is 11.3. The van der Waals surface area contributed by atoms with Crippen molar-refractivity contribution in [1.29, 1.82) is 5.26 Å². The molecule has 0 aromatic rings. The van der Waals surface area contributed by atoms with Crippen LogP contribution in [-0.2, 0) is 0 Å². The number of nitriles is 1. The van der Waals surface area contributed by atoms with E-state index in [9.17, 15) is 5.26 Å². The second-order valence-corrected chi connectivity index (χ2v) is 5.22. The lowest BCUT2D eigenvalue weighted by Crippen LogP contribution is -2.49. The van der Waals surface area contributed by atoms with E-state index >= 15 is 0 Å². The Hall–Kier alpha value is -0.550. The molecule has 2 heteroatoms. The molecule has 0 atom stereocenters. The van der Waals surface area contributed by atoms with E-state index in [1.165, 1.54) is 25.7 Å². The summed E-state index contributed by atoms with van der Waals surface area (Å²) in [5, 5.41) is 12.7. The van der Waals surface area contributed by atoms with Gasteiger partial charge in [-0.25, -0.2) is 0 Å². The van der Waals surface area contributed by atoms with Gasteiger partial charge in [-0.05, 0) is 45.4 Å². The quantitative estimate of drug-likeness (QED) is 0.770. The molecule has 86 valence electrons. The van der Waals surface area contributed by atoms with E-state index in [1.807, 2.05) is 0 Å². The van der Waals surface area contributed by atoms with Crippen LogP contribution in [0.4, 0.5) is 0 Å². The number of nitrogens with zero attached hydrogens (tertiary/aromatic N) is 1. The molecule has 0 heterocycles. The van der Waals surface area contributed by atoms with Crippen molar-refractivity contribution >= 4 is 0 Å². The minimum Gasteiger partial charge on any atom is -0.297 e.